The predicted octanol–water partition coefficient (Wildman–Crippen LogP) is 2.95. The summed E-state index contributed by atoms with van der Waals surface area (Å²) in [6.07, 6.45) is 0. The summed E-state index contributed by atoms with van der Waals surface area (Å²) < 4.78 is 13.9. The minimum atomic E-state index is -1.24. The smallest absolute Gasteiger partial charge is 0.235 e. The van der Waals surface area contributed by atoms with Crippen LogP contribution in [0.3, 0.4) is 0 Å². The molecule has 1 aromatic heterocycles. The Morgan fingerprint density at radius 2 is 1.87 bits per heavy atom. The van der Waals surface area contributed by atoms with E-state index in [-0.39, 0.29) is 18.3 Å². The van der Waals surface area contributed by atoms with Crippen molar-refractivity contribution in [3.05, 3.63) is 59.5 Å². The average molecular weight is 443 g/mol. The molecule has 0 spiro atoms. The summed E-state index contributed by atoms with van der Waals surface area (Å²) >= 11 is 1.73. The van der Waals surface area contributed by atoms with Gasteiger partial charge in [0.2, 0.25) is 5.91 Å². The van der Waals surface area contributed by atoms with Crippen molar-refractivity contribution in [2.75, 3.05) is 45.1 Å². The molecule has 3 aromatic rings. The largest absolute Gasteiger partial charge is 0.395 e. The molecule has 4 rings (SSSR count). The van der Waals surface area contributed by atoms with Crippen LogP contribution < -0.4 is 0 Å². The van der Waals surface area contributed by atoms with Gasteiger partial charge in [-0.1, -0.05) is 42.5 Å². The van der Waals surface area contributed by atoms with E-state index in [1.54, 1.807) is 16.2 Å². The topological polar surface area (TPSA) is 60.9 Å². The zero-order chi connectivity index (χ0) is 20.9. The molecule has 30 heavy (non-hydrogen) atoms. The molecule has 1 atom stereocenters. The van der Waals surface area contributed by atoms with Crippen molar-refractivity contribution < 1.29 is 14.1 Å². The van der Waals surface area contributed by atoms with Gasteiger partial charge in [0, 0.05) is 64.9 Å². The molecule has 2 heterocycles. The van der Waals surface area contributed by atoms with Gasteiger partial charge >= 0.3 is 0 Å². The zero-order valence-electron chi connectivity index (χ0n) is 16.8. The molecular weight excluding hydrogens is 416 g/mol. The van der Waals surface area contributed by atoms with Crippen molar-refractivity contribution >= 4 is 38.1 Å². The van der Waals surface area contributed by atoms with Gasteiger partial charge in [0.1, 0.15) is 5.75 Å². The lowest BCUT2D eigenvalue weighted by atomic mass is 10.0. The Labute approximate surface area is 183 Å². The van der Waals surface area contributed by atoms with Gasteiger partial charge in [-0.25, -0.2) is 0 Å². The van der Waals surface area contributed by atoms with Crippen molar-refractivity contribution in [1.29, 1.82) is 0 Å². The van der Waals surface area contributed by atoms with Crippen LogP contribution in [0.1, 0.15) is 5.56 Å². The fourth-order valence-corrected chi connectivity index (χ4v) is 5.94. The molecule has 0 aliphatic carbocycles. The fourth-order valence-electron chi connectivity index (χ4n) is 3.86. The lowest BCUT2D eigenvalue weighted by molar-refractivity contribution is -0.130. The Hall–Kier alpha value is -2.06. The third-order valence-corrected chi connectivity index (χ3v) is 7.66. The lowest BCUT2D eigenvalue weighted by Crippen LogP contribution is -2.50. The van der Waals surface area contributed by atoms with Gasteiger partial charge in [-0.15, -0.1) is 11.3 Å². The number of hydrogen-bond donors (Lipinski definition) is 1. The number of hydrogen-bond acceptors (Lipinski definition) is 5. The summed E-state index contributed by atoms with van der Waals surface area (Å²) in [5.41, 5.74) is 3.30. The fraction of sp³-hybridized carbons (Fsp3) is 0.348. The second kappa shape index (κ2) is 9.83. The number of carbonyl (C=O) groups excluding carboxylic acids is 1. The van der Waals surface area contributed by atoms with E-state index in [1.165, 1.54) is 15.6 Å². The number of benzene rings is 2. The van der Waals surface area contributed by atoms with E-state index in [1.807, 2.05) is 24.3 Å². The molecule has 1 N–H and O–H groups in total. The van der Waals surface area contributed by atoms with Gasteiger partial charge < -0.3 is 10.0 Å². The standard InChI is InChI=1S/C23H26N2O3S2/c26-13-12-24-8-10-25(11-9-24)23(27)17-30(28)16-18-4-3-5-19(14-18)21-15-29-22-7-2-1-6-20(21)22/h1-7,14-15,26H,8-13,16-17H2. The first-order valence-corrected chi connectivity index (χ1v) is 12.5. The maximum Gasteiger partial charge on any atom is 0.235 e. The first-order valence-electron chi connectivity index (χ1n) is 10.2. The number of nitrogens with zero attached hydrogens (tertiary/aromatic N) is 2. The number of carbonyl (C=O) groups is 1. The Morgan fingerprint density at radius 1 is 1.07 bits per heavy atom. The highest BCUT2D eigenvalue weighted by atomic mass is 32.2. The number of thiophene rings is 1. The minimum Gasteiger partial charge on any atom is -0.395 e. The number of fused-ring (bicyclic) bond motifs is 1. The molecule has 158 valence electrons. The Morgan fingerprint density at radius 3 is 2.67 bits per heavy atom. The van der Waals surface area contributed by atoms with Crippen LogP contribution in [-0.2, 0) is 21.3 Å². The van der Waals surface area contributed by atoms with E-state index in [2.05, 4.69) is 34.5 Å². The highest BCUT2D eigenvalue weighted by Crippen LogP contribution is 2.34. The number of amides is 1. The van der Waals surface area contributed by atoms with Crippen molar-refractivity contribution in [1.82, 2.24) is 9.80 Å². The average Bonchev–Trinajstić information content (AvgIpc) is 3.19. The molecule has 2 aromatic carbocycles. The minimum absolute atomic E-state index is 0.0445. The summed E-state index contributed by atoms with van der Waals surface area (Å²) in [5.74, 6) is 0.398. The van der Waals surface area contributed by atoms with E-state index in [9.17, 15) is 9.00 Å². The second-order valence-corrected chi connectivity index (χ2v) is 9.89. The van der Waals surface area contributed by atoms with Gasteiger partial charge in [0.15, 0.2) is 0 Å². The van der Waals surface area contributed by atoms with Crippen LogP contribution in [0.25, 0.3) is 21.2 Å². The first-order chi connectivity index (χ1) is 14.6. The summed E-state index contributed by atoms with van der Waals surface area (Å²) in [6.45, 7) is 3.57. The molecule has 0 saturated carbocycles. The molecule has 1 amide bonds. The number of β-amino-alcohol motifs (C(OH)–C–C–N with tert-alkyl or cyclic N) is 1. The summed E-state index contributed by atoms with van der Waals surface area (Å²) in [4.78, 5) is 16.5. The van der Waals surface area contributed by atoms with Crippen LogP contribution in [0.2, 0.25) is 0 Å². The van der Waals surface area contributed by atoms with Crippen molar-refractivity contribution in [2.24, 2.45) is 0 Å². The first kappa shape index (κ1) is 21.2. The Bertz CT molecular complexity index is 1040. The highest BCUT2D eigenvalue weighted by molar-refractivity contribution is 7.84. The van der Waals surface area contributed by atoms with Crippen LogP contribution >= 0.6 is 11.3 Å². The van der Waals surface area contributed by atoms with Crippen LogP contribution in [0, 0.1) is 0 Å². The normalized spacial score (nSPS) is 16.1. The number of aliphatic hydroxyl groups excluding tert-OH is 1. The predicted molar refractivity (Wildman–Crippen MR) is 124 cm³/mol. The van der Waals surface area contributed by atoms with Gasteiger partial charge in [0.25, 0.3) is 0 Å². The molecule has 1 aliphatic heterocycles. The maximum absolute atomic E-state index is 12.7. The van der Waals surface area contributed by atoms with Crippen molar-refractivity contribution in [3.8, 4) is 11.1 Å². The molecule has 1 saturated heterocycles. The van der Waals surface area contributed by atoms with Crippen LogP contribution in [0.5, 0.6) is 0 Å². The Balaban J connectivity index is 1.37. The Kier molecular flexibility index (Phi) is 6.94. The van der Waals surface area contributed by atoms with Crippen LogP contribution in [0.4, 0.5) is 0 Å². The molecule has 1 unspecified atom stereocenters. The number of rotatable bonds is 7. The van der Waals surface area contributed by atoms with E-state index >= 15 is 0 Å². The van der Waals surface area contributed by atoms with E-state index in [0.29, 0.717) is 25.4 Å². The third-order valence-electron chi connectivity index (χ3n) is 5.47. The zero-order valence-corrected chi connectivity index (χ0v) is 18.5. The molecule has 5 nitrogen and oxygen atoms in total. The van der Waals surface area contributed by atoms with Crippen molar-refractivity contribution in [3.63, 3.8) is 0 Å². The quantitative estimate of drug-likeness (QED) is 0.611. The van der Waals surface area contributed by atoms with Crippen LogP contribution in [-0.4, -0.2) is 70.1 Å². The molecule has 7 heteroatoms. The highest BCUT2D eigenvalue weighted by Gasteiger charge is 2.22. The molecule has 0 radical (unpaired) electrons. The molecular formula is C23H26N2O3S2. The van der Waals surface area contributed by atoms with Gasteiger partial charge in [-0.2, -0.15) is 0 Å². The second-order valence-electron chi connectivity index (χ2n) is 7.52. The van der Waals surface area contributed by atoms with Gasteiger partial charge in [-0.05, 0) is 22.6 Å². The summed E-state index contributed by atoms with van der Waals surface area (Å²) in [6, 6.07) is 16.5. The van der Waals surface area contributed by atoms with Crippen LogP contribution in [0.15, 0.2) is 53.9 Å². The van der Waals surface area contributed by atoms with E-state index in [0.717, 1.165) is 24.2 Å². The lowest BCUT2D eigenvalue weighted by Gasteiger charge is -2.34. The van der Waals surface area contributed by atoms with Gasteiger partial charge in [-0.3, -0.25) is 13.9 Å². The van der Waals surface area contributed by atoms with E-state index < -0.39 is 10.8 Å². The summed E-state index contributed by atoms with van der Waals surface area (Å²) in [7, 11) is -1.24. The maximum atomic E-state index is 12.7. The molecule has 1 fully saturated rings. The SMILES string of the molecule is O=C(CS(=O)Cc1cccc(-c2csc3ccccc23)c1)N1CCN(CCO)CC1. The molecule has 0 bridgehead atoms. The molecule has 1 aliphatic rings. The summed E-state index contributed by atoms with van der Waals surface area (Å²) in [5, 5.41) is 12.4. The van der Waals surface area contributed by atoms with E-state index in [4.69, 9.17) is 5.11 Å². The number of aliphatic hydroxyl groups is 1. The van der Waals surface area contributed by atoms with Crippen molar-refractivity contribution in [2.45, 2.75) is 5.75 Å². The number of piperazine rings is 1. The third kappa shape index (κ3) is 4.98. The monoisotopic (exact) mass is 442 g/mol. The van der Waals surface area contributed by atoms with Gasteiger partial charge in [0.05, 0.1) is 6.61 Å².